The first-order valence-electron chi connectivity index (χ1n) is 10.4. The molecule has 0 radical (unpaired) electrons. The molecule has 0 aromatic carbocycles. The van der Waals surface area contributed by atoms with Gasteiger partial charge in [-0.15, -0.1) is 20.2 Å². The summed E-state index contributed by atoms with van der Waals surface area (Å²) in [5.74, 6) is -0.758. The second kappa shape index (κ2) is 14.0. The standard InChI is InChI=1S/C20H30N2O10/c1-14-16(18(24)20(30-3)19(29-2)17(14)23)12-10-8-6-4-5-7-9-11-15(32-22(27)28)13-31-21(25)26/h15H,4-13H2,1-3H3. The number of unbranched alkanes of at least 4 members (excludes halogenated alkanes) is 6. The highest BCUT2D eigenvalue weighted by Gasteiger charge is 2.34. The van der Waals surface area contributed by atoms with E-state index in [0.717, 1.165) is 38.5 Å². The van der Waals surface area contributed by atoms with Crippen LogP contribution in [0, 0.1) is 20.2 Å². The lowest BCUT2D eigenvalue weighted by atomic mass is 9.89. The third-order valence-corrected chi connectivity index (χ3v) is 5.15. The number of carbonyl (C=O) groups is 2. The first-order chi connectivity index (χ1) is 15.2. The van der Waals surface area contributed by atoms with Gasteiger partial charge in [0.2, 0.25) is 23.1 Å². The highest BCUT2D eigenvalue weighted by atomic mass is 17.0. The molecule has 12 heteroatoms. The largest absolute Gasteiger partial charge is 0.489 e. The maximum atomic E-state index is 12.6. The number of ether oxygens (including phenoxy) is 2. The van der Waals surface area contributed by atoms with E-state index in [1.54, 1.807) is 6.92 Å². The average Bonchev–Trinajstić information content (AvgIpc) is 2.74. The Hall–Kier alpha value is -3.18. The second-order valence-corrected chi connectivity index (χ2v) is 7.31. The highest BCUT2D eigenvalue weighted by Crippen LogP contribution is 2.28. The van der Waals surface area contributed by atoms with E-state index in [9.17, 15) is 29.8 Å². The number of Topliss-reactive ketones (excluding diaryl/α,β-unsaturated/α-hetero) is 2. The summed E-state index contributed by atoms with van der Waals surface area (Å²) in [6.07, 6.45) is 5.63. The monoisotopic (exact) mass is 458 g/mol. The Balaban J connectivity index is 2.28. The van der Waals surface area contributed by atoms with Crippen molar-refractivity contribution in [2.75, 3.05) is 20.8 Å². The zero-order valence-corrected chi connectivity index (χ0v) is 18.6. The van der Waals surface area contributed by atoms with Gasteiger partial charge in [0.15, 0.2) is 0 Å². The number of hydrogen-bond donors (Lipinski definition) is 0. The van der Waals surface area contributed by atoms with Gasteiger partial charge in [-0.05, 0) is 26.2 Å². The van der Waals surface area contributed by atoms with Crippen LogP contribution in [0.15, 0.2) is 22.7 Å². The average molecular weight is 458 g/mol. The van der Waals surface area contributed by atoms with Crippen LogP contribution in [0.2, 0.25) is 0 Å². The Morgan fingerprint density at radius 3 is 1.88 bits per heavy atom. The molecule has 0 spiro atoms. The molecular weight excluding hydrogens is 428 g/mol. The SMILES string of the molecule is COC1=C(OC)C(=O)C(CCCCCCCCCC(CO[N+](=O)[O-])O[N+](=O)[O-])=C(C)C1=O. The number of hydrogen-bond acceptors (Lipinski definition) is 10. The van der Waals surface area contributed by atoms with E-state index < -0.39 is 22.9 Å². The lowest BCUT2D eigenvalue weighted by molar-refractivity contribution is -0.790. The van der Waals surface area contributed by atoms with Crippen LogP contribution in [-0.4, -0.2) is 48.7 Å². The molecule has 0 amide bonds. The molecule has 0 saturated carbocycles. The third kappa shape index (κ3) is 8.52. The Bertz CT molecular complexity index is 759. The Kier molecular flexibility index (Phi) is 11.7. The van der Waals surface area contributed by atoms with E-state index in [1.165, 1.54) is 14.2 Å². The molecule has 32 heavy (non-hydrogen) atoms. The zero-order valence-electron chi connectivity index (χ0n) is 18.6. The Morgan fingerprint density at radius 1 is 0.812 bits per heavy atom. The molecule has 1 aliphatic rings. The number of allylic oxidation sites excluding steroid dienone is 2. The van der Waals surface area contributed by atoms with Crippen LogP contribution in [0.3, 0.4) is 0 Å². The number of nitrogens with zero attached hydrogens (tertiary/aromatic N) is 2. The minimum absolute atomic E-state index is 0.0546. The quantitative estimate of drug-likeness (QED) is 0.137. The van der Waals surface area contributed by atoms with Gasteiger partial charge >= 0.3 is 0 Å². The van der Waals surface area contributed by atoms with Gasteiger partial charge in [-0.1, -0.05) is 38.5 Å². The summed E-state index contributed by atoms with van der Waals surface area (Å²) in [7, 11) is 2.66. The maximum Gasteiger partial charge on any atom is 0.294 e. The summed E-state index contributed by atoms with van der Waals surface area (Å²) in [5.41, 5.74) is 0.849. The van der Waals surface area contributed by atoms with Gasteiger partial charge in [-0.25, -0.2) is 0 Å². The Labute approximate surface area is 185 Å². The lowest BCUT2D eigenvalue weighted by Gasteiger charge is -2.20. The molecule has 12 nitrogen and oxygen atoms in total. The van der Waals surface area contributed by atoms with Crippen molar-refractivity contribution in [1.29, 1.82) is 0 Å². The van der Waals surface area contributed by atoms with Gasteiger partial charge in [-0.2, -0.15) is 0 Å². The fourth-order valence-corrected chi connectivity index (χ4v) is 3.48. The first kappa shape index (κ1) is 26.9. The first-order valence-corrected chi connectivity index (χ1v) is 10.4. The van der Waals surface area contributed by atoms with Crippen LogP contribution in [0.5, 0.6) is 0 Å². The van der Waals surface area contributed by atoms with Crippen molar-refractivity contribution in [2.24, 2.45) is 0 Å². The van der Waals surface area contributed by atoms with Crippen molar-refractivity contribution in [3.05, 3.63) is 42.9 Å². The molecule has 0 heterocycles. The minimum atomic E-state index is -1.01. The summed E-state index contributed by atoms with van der Waals surface area (Å²) in [6, 6.07) is 0. The Morgan fingerprint density at radius 2 is 1.34 bits per heavy atom. The predicted octanol–water partition coefficient (Wildman–Crippen LogP) is 3.26. The molecule has 0 bridgehead atoms. The minimum Gasteiger partial charge on any atom is -0.489 e. The number of methoxy groups -OCH3 is 2. The normalized spacial score (nSPS) is 15.0. The molecule has 0 aromatic heterocycles. The van der Waals surface area contributed by atoms with Crippen molar-refractivity contribution >= 4 is 11.6 Å². The summed E-state index contributed by atoms with van der Waals surface area (Å²) in [5, 5.41) is 18.7. The highest BCUT2D eigenvalue weighted by molar-refractivity contribution is 6.23. The molecule has 1 rings (SSSR count). The van der Waals surface area contributed by atoms with Gasteiger partial charge in [0.1, 0.15) is 12.7 Å². The molecule has 1 atom stereocenters. The number of ketones is 2. The van der Waals surface area contributed by atoms with Gasteiger partial charge < -0.3 is 19.1 Å². The molecule has 1 aliphatic carbocycles. The second-order valence-electron chi connectivity index (χ2n) is 7.31. The number of carbonyl (C=O) groups excluding carboxylic acids is 2. The predicted molar refractivity (Wildman–Crippen MR) is 110 cm³/mol. The van der Waals surface area contributed by atoms with Crippen molar-refractivity contribution < 1.29 is 38.9 Å². The van der Waals surface area contributed by atoms with E-state index in [2.05, 4.69) is 9.68 Å². The fraction of sp³-hybridized carbons (Fsp3) is 0.700. The molecule has 180 valence electrons. The molecule has 0 aliphatic heterocycles. The van der Waals surface area contributed by atoms with Crippen molar-refractivity contribution in [2.45, 2.75) is 70.8 Å². The molecule has 0 saturated heterocycles. The summed E-state index contributed by atoms with van der Waals surface area (Å²) < 4.78 is 10.1. The maximum absolute atomic E-state index is 12.6. The summed E-state index contributed by atoms with van der Waals surface area (Å²) in [6.45, 7) is 1.14. The van der Waals surface area contributed by atoms with Crippen molar-refractivity contribution in [1.82, 2.24) is 0 Å². The van der Waals surface area contributed by atoms with E-state index in [-0.39, 0.29) is 29.5 Å². The smallest absolute Gasteiger partial charge is 0.294 e. The van der Waals surface area contributed by atoms with Crippen molar-refractivity contribution in [3.63, 3.8) is 0 Å². The van der Waals surface area contributed by atoms with Crippen LogP contribution in [0.4, 0.5) is 0 Å². The van der Waals surface area contributed by atoms with Gasteiger partial charge in [0, 0.05) is 11.1 Å². The van der Waals surface area contributed by atoms with Crippen LogP contribution in [-0.2, 0) is 28.7 Å². The molecule has 0 aromatic rings. The molecule has 0 N–H and O–H groups in total. The van der Waals surface area contributed by atoms with Gasteiger partial charge in [-0.3, -0.25) is 9.59 Å². The summed E-state index contributed by atoms with van der Waals surface area (Å²) >= 11 is 0. The molecular formula is C20H30N2O10. The van der Waals surface area contributed by atoms with E-state index in [4.69, 9.17) is 9.47 Å². The topological polar surface area (TPSA) is 157 Å². The van der Waals surface area contributed by atoms with Crippen LogP contribution in [0.1, 0.15) is 64.7 Å². The van der Waals surface area contributed by atoms with Crippen LogP contribution >= 0.6 is 0 Å². The van der Waals surface area contributed by atoms with Crippen LogP contribution in [0.25, 0.3) is 0 Å². The van der Waals surface area contributed by atoms with Gasteiger partial charge in [0.25, 0.3) is 10.2 Å². The fourth-order valence-electron chi connectivity index (χ4n) is 3.48. The van der Waals surface area contributed by atoms with Crippen molar-refractivity contribution in [3.8, 4) is 0 Å². The van der Waals surface area contributed by atoms with E-state index in [0.29, 0.717) is 24.0 Å². The lowest BCUT2D eigenvalue weighted by Crippen LogP contribution is -2.25. The molecule has 0 fully saturated rings. The summed E-state index contributed by atoms with van der Waals surface area (Å²) in [4.78, 5) is 54.1. The van der Waals surface area contributed by atoms with E-state index >= 15 is 0 Å². The zero-order chi connectivity index (χ0) is 24.1. The molecule has 1 unspecified atom stereocenters. The van der Waals surface area contributed by atoms with E-state index in [1.807, 2.05) is 0 Å². The number of rotatable bonds is 17. The van der Waals surface area contributed by atoms with Gasteiger partial charge in [0.05, 0.1) is 14.2 Å². The third-order valence-electron chi connectivity index (χ3n) is 5.15. The van der Waals surface area contributed by atoms with Crippen LogP contribution < -0.4 is 0 Å².